The van der Waals surface area contributed by atoms with E-state index >= 15 is 0 Å². The summed E-state index contributed by atoms with van der Waals surface area (Å²) in [5.41, 5.74) is 0.644. The van der Waals surface area contributed by atoms with Gasteiger partial charge in [-0.1, -0.05) is 11.6 Å². The monoisotopic (exact) mass is 582 g/mol. The molecule has 0 spiro atoms. The summed E-state index contributed by atoms with van der Waals surface area (Å²) >= 11 is 6.36. The van der Waals surface area contributed by atoms with Gasteiger partial charge in [0.05, 0.1) is 31.6 Å². The van der Waals surface area contributed by atoms with Crippen molar-refractivity contribution in [3.05, 3.63) is 98.2 Å². The van der Waals surface area contributed by atoms with Crippen molar-refractivity contribution < 1.29 is 21.1 Å². The van der Waals surface area contributed by atoms with Crippen molar-refractivity contribution in [1.29, 1.82) is 0 Å². The van der Waals surface area contributed by atoms with Gasteiger partial charge in [0.25, 0.3) is 5.56 Å². The first kappa shape index (κ1) is 25.6. The van der Waals surface area contributed by atoms with Crippen molar-refractivity contribution in [2.75, 3.05) is 6.54 Å². The fraction of sp³-hybridized carbons (Fsp3) is 0.310. The molecule has 4 aromatic heterocycles. The number of nitrogens with zero attached hydrogens (tertiary/aromatic N) is 6. The van der Waals surface area contributed by atoms with Crippen LogP contribution in [0, 0.1) is 25.5 Å². The van der Waals surface area contributed by atoms with Crippen molar-refractivity contribution in [3.63, 3.8) is 0 Å². The highest BCUT2D eigenvalue weighted by atomic mass is 35.5. The minimum atomic E-state index is -2.87. The lowest BCUT2D eigenvalue weighted by Gasteiger charge is -2.35. The van der Waals surface area contributed by atoms with E-state index in [1.807, 2.05) is 30.8 Å². The van der Waals surface area contributed by atoms with E-state index in [-0.39, 0.29) is 5.75 Å². The highest BCUT2D eigenvalue weighted by Crippen LogP contribution is 2.35. The van der Waals surface area contributed by atoms with Gasteiger partial charge in [0.2, 0.25) is 0 Å². The minimum Gasteiger partial charge on any atom is -0.485 e. The second-order valence-electron chi connectivity index (χ2n) is 10.1. The number of aromatic nitrogens is 5. The van der Waals surface area contributed by atoms with Gasteiger partial charge in [-0.2, -0.15) is 5.10 Å². The summed E-state index contributed by atoms with van der Waals surface area (Å²) in [7, 11) is 0. The number of carbonyl (C=O) groups excluding carboxylic acids is 1. The van der Waals surface area contributed by atoms with E-state index in [4.69, 9.17) is 24.2 Å². The lowest BCUT2D eigenvalue weighted by atomic mass is 9.98. The van der Waals surface area contributed by atoms with Gasteiger partial charge in [-0.25, -0.2) is 23.2 Å². The Bertz CT molecular complexity index is 1850. The zero-order valence-electron chi connectivity index (χ0n) is 24.7. The first-order chi connectivity index (χ1) is 20.2. The first-order valence-corrected chi connectivity index (χ1v) is 13.1. The molecule has 0 saturated carbocycles. The number of halogens is 3. The van der Waals surface area contributed by atoms with E-state index in [2.05, 4.69) is 9.97 Å². The highest BCUT2D eigenvalue weighted by Gasteiger charge is 2.35. The molecule has 5 rings (SSSR count). The van der Waals surface area contributed by atoms with Gasteiger partial charge in [0.1, 0.15) is 34.8 Å². The number of likely N-dealkylation sites (tertiary alicyclic amines) is 1. The summed E-state index contributed by atoms with van der Waals surface area (Å²) in [6.07, 6.45) is 5.51. The summed E-state index contributed by atoms with van der Waals surface area (Å²) in [5.74, 6) is -0.120. The van der Waals surface area contributed by atoms with Crippen molar-refractivity contribution in [1.82, 2.24) is 29.2 Å². The molecule has 1 aliphatic rings. The molecular weight excluding hydrogens is 554 g/mol. The normalized spacial score (nSPS) is 14.6. The molecule has 1 saturated heterocycles. The Morgan fingerprint density at radius 3 is 2.71 bits per heavy atom. The van der Waals surface area contributed by atoms with E-state index in [0.717, 1.165) is 13.0 Å². The molecule has 12 heteroatoms. The van der Waals surface area contributed by atoms with Gasteiger partial charge in [-0.3, -0.25) is 14.3 Å². The van der Waals surface area contributed by atoms with E-state index in [1.54, 1.807) is 37.0 Å². The average Bonchev–Trinajstić information content (AvgIpc) is 3.63. The third-order valence-corrected chi connectivity index (χ3v) is 7.38. The Labute approximate surface area is 242 Å². The molecule has 0 bridgehead atoms. The van der Waals surface area contributed by atoms with Crippen LogP contribution >= 0.6 is 11.6 Å². The van der Waals surface area contributed by atoms with Gasteiger partial charge in [0, 0.05) is 42.8 Å². The fourth-order valence-corrected chi connectivity index (χ4v) is 5.01. The van der Waals surface area contributed by atoms with Crippen LogP contribution in [0.1, 0.15) is 52.1 Å². The van der Waals surface area contributed by atoms with Crippen molar-refractivity contribution in [2.24, 2.45) is 0 Å². The van der Waals surface area contributed by atoms with Gasteiger partial charge in [-0.05, 0) is 52.2 Å². The van der Waals surface area contributed by atoms with Crippen LogP contribution in [-0.4, -0.2) is 41.7 Å². The molecular formula is C29H27ClF2N6O3. The predicted octanol–water partition coefficient (Wildman–Crippen LogP) is 4.99. The van der Waals surface area contributed by atoms with Crippen LogP contribution in [-0.2, 0) is 16.9 Å². The van der Waals surface area contributed by atoms with Crippen LogP contribution in [0.15, 0.2) is 53.3 Å². The summed E-state index contributed by atoms with van der Waals surface area (Å²) in [5, 5.41) is 4.27. The average molecular weight is 583 g/mol. The Morgan fingerprint density at radius 1 is 1.20 bits per heavy atom. The molecule has 1 fully saturated rings. The fourth-order valence-electron chi connectivity index (χ4n) is 4.83. The molecule has 0 aromatic carbocycles. The number of aryl methyl sites for hydroxylation is 2. The summed E-state index contributed by atoms with van der Waals surface area (Å²) in [4.78, 5) is 34.9. The number of allylic oxidation sites excluding steroid dienone is 1. The molecule has 212 valence electrons. The number of rotatable bonds is 7. The lowest BCUT2D eigenvalue weighted by molar-refractivity contribution is 0.187. The molecule has 0 unspecified atom stereocenters. The zero-order valence-corrected chi connectivity index (χ0v) is 23.5. The van der Waals surface area contributed by atoms with Gasteiger partial charge < -0.3 is 9.64 Å². The molecule has 9 nitrogen and oxygen atoms in total. The lowest BCUT2D eigenvalue weighted by Crippen LogP contribution is -2.39. The van der Waals surface area contributed by atoms with E-state index in [1.165, 1.54) is 10.6 Å². The predicted molar refractivity (Wildman–Crippen MR) is 148 cm³/mol. The van der Waals surface area contributed by atoms with Crippen molar-refractivity contribution >= 4 is 17.5 Å². The van der Waals surface area contributed by atoms with Crippen molar-refractivity contribution in [3.8, 4) is 17.3 Å². The Balaban J connectivity index is 1.50. The van der Waals surface area contributed by atoms with Gasteiger partial charge in [0.15, 0.2) is 11.6 Å². The molecule has 0 radical (unpaired) electrons. The van der Waals surface area contributed by atoms with Crippen LogP contribution in [0.4, 0.5) is 8.78 Å². The molecule has 1 aliphatic heterocycles. The molecule has 0 atom stereocenters. The van der Waals surface area contributed by atoms with Crippen LogP contribution < -0.4 is 10.3 Å². The van der Waals surface area contributed by atoms with E-state index in [0.29, 0.717) is 52.8 Å². The van der Waals surface area contributed by atoms with Crippen LogP contribution in [0.3, 0.4) is 0 Å². The Hall–Kier alpha value is -4.34. The summed E-state index contributed by atoms with van der Waals surface area (Å²) in [6.45, 7) is 5.17. The maximum absolute atomic E-state index is 14.2. The number of hydrogen-bond donors (Lipinski definition) is 0. The Morgan fingerprint density at radius 2 is 1.98 bits per heavy atom. The van der Waals surface area contributed by atoms with Gasteiger partial charge >= 0.3 is 0 Å². The van der Waals surface area contributed by atoms with Crippen LogP contribution in [0.25, 0.3) is 11.5 Å². The number of ether oxygens (including phenoxy) is 1. The summed E-state index contributed by atoms with van der Waals surface area (Å²) < 4.78 is 52.1. The molecule has 0 N–H and O–H groups in total. The summed E-state index contributed by atoms with van der Waals surface area (Å²) in [6, 6.07) is 5.32. The van der Waals surface area contributed by atoms with Crippen molar-refractivity contribution in [2.45, 2.75) is 52.6 Å². The quantitative estimate of drug-likeness (QED) is 0.283. The molecule has 0 amide bonds. The highest BCUT2D eigenvalue weighted by molar-refractivity contribution is 6.31. The molecule has 4 aromatic rings. The maximum Gasteiger partial charge on any atom is 0.277 e. The SMILES string of the molecule is [2H]C([2H])(Oc1cc(C)n(-c2cc(-n3ccc(C(C)(C)N4CCCC4=C=O)n3)ncc2C)c(=O)c1Cl)c1ncc(F)cc1F. The van der Waals surface area contributed by atoms with Crippen LogP contribution in [0.5, 0.6) is 5.75 Å². The van der Waals surface area contributed by atoms with E-state index in [9.17, 15) is 18.4 Å². The van der Waals surface area contributed by atoms with Gasteiger partial charge in [-0.15, -0.1) is 0 Å². The number of pyridine rings is 3. The smallest absolute Gasteiger partial charge is 0.277 e. The zero-order chi connectivity index (χ0) is 31.3. The molecule has 5 heterocycles. The van der Waals surface area contributed by atoms with Crippen LogP contribution in [0.2, 0.25) is 5.02 Å². The third-order valence-electron chi connectivity index (χ3n) is 7.03. The topological polar surface area (TPSA) is 95.1 Å². The third kappa shape index (κ3) is 5.26. The second-order valence-corrected chi connectivity index (χ2v) is 10.5. The second kappa shape index (κ2) is 10.9. The molecule has 41 heavy (non-hydrogen) atoms. The molecule has 0 aliphatic carbocycles. The standard InChI is InChI=1S/C29H27ClF2N6O3/c1-17-13-34-26(37-9-7-25(35-37)29(3,4)36-8-5-6-20(36)15-39)12-23(17)38-18(2)10-24(27(30)28(38)40)41-16-22-21(32)11-19(31)14-33-22/h7,9-14H,5-6,8,16H2,1-4H3/i16D2. The first-order valence-electron chi connectivity index (χ1n) is 13.7. The number of hydrogen-bond acceptors (Lipinski definition) is 7. The minimum absolute atomic E-state index is 0.331. The van der Waals surface area contributed by atoms with E-state index < -0.39 is 40.0 Å². The largest absolute Gasteiger partial charge is 0.485 e. The Kier molecular flexibility index (Phi) is 6.82. The maximum atomic E-state index is 14.2.